The molecule has 1 amide bonds. The van der Waals surface area contributed by atoms with Crippen molar-refractivity contribution < 1.29 is 9.53 Å². The predicted molar refractivity (Wildman–Crippen MR) is 70.7 cm³/mol. The Balaban J connectivity index is 1.77. The molecule has 0 spiro atoms. The van der Waals surface area contributed by atoms with Crippen LogP contribution in [0, 0.1) is 0 Å². The Labute approximate surface area is 120 Å². The van der Waals surface area contributed by atoms with Crippen molar-refractivity contribution >= 4 is 6.09 Å². The van der Waals surface area contributed by atoms with Gasteiger partial charge in [0.25, 0.3) is 0 Å². The van der Waals surface area contributed by atoms with Crippen LogP contribution < -0.4 is 0 Å². The van der Waals surface area contributed by atoms with Crippen LogP contribution in [-0.4, -0.2) is 47.2 Å². The summed E-state index contributed by atoms with van der Waals surface area (Å²) in [4.78, 5) is 22.2. The number of nitrogens with one attached hydrogen (secondary N) is 1. The number of carbonyl (C=O) groups excluding carboxylic acids is 1. The Morgan fingerprint density at radius 3 is 2.86 bits per heavy atom. The maximum absolute atomic E-state index is 12.1. The van der Waals surface area contributed by atoms with E-state index in [0.717, 1.165) is 11.3 Å². The fourth-order valence-corrected chi connectivity index (χ4v) is 1.98. The van der Waals surface area contributed by atoms with E-state index in [0.29, 0.717) is 24.7 Å². The van der Waals surface area contributed by atoms with Gasteiger partial charge in [-0.1, -0.05) is 0 Å². The van der Waals surface area contributed by atoms with Gasteiger partial charge in [-0.25, -0.2) is 19.9 Å². The summed E-state index contributed by atoms with van der Waals surface area (Å²) in [5.74, 6) is 0.804. The van der Waals surface area contributed by atoms with Crippen LogP contribution in [0.4, 0.5) is 4.79 Å². The number of aromatic amines is 1. The topological polar surface area (TPSA) is 110 Å². The van der Waals surface area contributed by atoms with Crippen molar-refractivity contribution in [2.45, 2.75) is 39.5 Å². The van der Waals surface area contributed by atoms with Gasteiger partial charge >= 0.3 is 6.09 Å². The molecule has 0 atom stereocenters. The molecule has 0 saturated carbocycles. The monoisotopic (exact) mass is 289 g/mol. The third-order valence-electron chi connectivity index (χ3n) is 2.86. The number of aromatic nitrogens is 6. The van der Waals surface area contributed by atoms with Gasteiger partial charge in [0, 0.05) is 11.8 Å². The number of ether oxygens (including phenoxy) is 1. The lowest BCUT2D eigenvalue weighted by Gasteiger charge is -2.23. The van der Waals surface area contributed by atoms with Gasteiger partial charge in [0.15, 0.2) is 5.82 Å². The summed E-state index contributed by atoms with van der Waals surface area (Å²) in [5, 5.41) is 13.4. The summed E-state index contributed by atoms with van der Waals surface area (Å²) in [6, 6.07) is 0. The summed E-state index contributed by atoms with van der Waals surface area (Å²) in [7, 11) is 0. The molecule has 0 fully saturated rings. The zero-order chi connectivity index (χ0) is 15.0. The number of H-pyrrole nitrogens is 1. The fraction of sp³-hybridized carbons (Fsp3) is 0.500. The molecule has 0 aromatic carbocycles. The molecule has 2 aromatic rings. The summed E-state index contributed by atoms with van der Waals surface area (Å²) < 4.78 is 5.36. The first-order valence-corrected chi connectivity index (χ1v) is 6.49. The SMILES string of the molecule is CC(C)(C)OC(=O)N1Cc2cnc(-c3nnn[nH]3)nc2C1. The van der Waals surface area contributed by atoms with E-state index in [1.165, 1.54) is 0 Å². The Morgan fingerprint density at radius 1 is 1.38 bits per heavy atom. The molecule has 1 aliphatic heterocycles. The smallest absolute Gasteiger partial charge is 0.410 e. The third-order valence-corrected chi connectivity index (χ3v) is 2.86. The number of carbonyl (C=O) groups is 1. The summed E-state index contributed by atoms with van der Waals surface area (Å²) in [5.41, 5.74) is 1.16. The van der Waals surface area contributed by atoms with Gasteiger partial charge in [-0.3, -0.25) is 4.90 Å². The molecule has 2 aromatic heterocycles. The van der Waals surface area contributed by atoms with Crippen molar-refractivity contribution in [3.05, 3.63) is 17.5 Å². The number of fused-ring (bicyclic) bond motifs is 1. The van der Waals surface area contributed by atoms with Crippen LogP contribution in [-0.2, 0) is 17.8 Å². The highest BCUT2D eigenvalue weighted by molar-refractivity contribution is 5.69. The highest BCUT2D eigenvalue weighted by atomic mass is 16.6. The minimum absolute atomic E-state index is 0.358. The molecule has 0 saturated heterocycles. The van der Waals surface area contributed by atoms with E-state index in [4.69, 9.17) is 4.74 Å². The molecule has 110 valence electrons. The molecule has 0 aliphatic carbocycles. The van der Waals surface area contributed by atoms with E-state index in [-0.39, 0.29) is 6.09 Å². The normalized spacial score (nSPS) is 14.1. The molecule has 0 bridgehead atoms. The van der Waals surface area contributed by atoms with E-state index in [1.807, 2.05) is 20.8 Å². The Bertz CT molecular complexity index is 663. The van der Waals surface area contributed by atoms with Gasteiger partial charge in [0.1, 0.15) is 5.60 Å². The molecule has 3 heterocycles. The molecule has 21 heavy (non-hydrogen) atoms. The molecule has 3 rings (SSSR count). The number of amides is 1. The molecule has 9 heteroatoms. The number of rotatable bonds is 1. The van der Waals surface area contributed by atoms with E-state index in [1.54, 1.807) is 11.1 Å². The second-order valence-corrected chi connectivity index (χ2v) is 5.75. The van der Waals surface area contributed by atoms with Crippen molar-refractivity contribution in [1.82, 2.24) is 35.5 Å². The first-order chi connectivity index (χ1) is 9.92. The average molecular weight is 289 g/mol. The van der Waals surface area contributed by atoms with Crippen LogP contribution in [0.5, 0.6) is 0 Å². The van der Waals surface area contributed by atoms with Gasteiger partial charge in [0.2, 0.25) is 5.82 Å². The molecule has 1 N–H and O–H groups in total. The van der Waals surface area contributed by atoms with E-state index in [9.17, 15) is 4.79 Å². The van der Waals surface area contributed by atoms with Crippen LogP contribution in [0.15, 0.2) is 6.20 Å². The maximum Gasteiger partial charge on any atom is 0.410 e. The quantitative estimate of drug-likeness (QED) is 0.830. The first-order valence-electron chi connectivity index (χ1n) is 6.49. The van der Waals surface area contributed by atoms with Crippen molar-refractivity contribution in [3.63, 3.8) is 0 Å². The lowest BCUT2D eigenvalue weighted by molar-refractivity contribution is 0.0240. The molecule has 0 unspecified atom stereocenters. The molecular weight excluding hydrogens is 274 g/mol. The summed E-state index contributed by atoms with van der Waals surface area (Å²) >= 11 is 0. The third kappa shape index (κ3) is 2.81. The highest BCUT2D eigenvalue weighted by Gasteiger charge is 2.29. The second-order valence-electron chi connectivity index (χ2n) is 5.75. The lowest BCUT2D eigenvalue weighted by Crippen LogP contribution is -2.33. The number of hydrogen-bond donors (Lipinski definition) is 1. The highest BCUT2D eigenvalue weighted by Crippen LogP contribution is 2.23. The van der Waals surface area contributed by atoms with E-state index >= 15 is 0 Å². The van der Waals surface area contributed by atoms with Gasteiger partial charge < -0.3 is 4.74 Å². The average Bonchev–Trinajstić information content (AvgIpc) is 3.05. The van der Waals surface area contributed by atoms with Crippen molar-refractivity contribution in [2.75, 3.05) is 0 Å². The lowest BCUT2D eigenvalue weighted by atomic mass is 10.2. The number of tetrazole rings is 1. The summed E-state index contributed by atoms with van der Waals surface area (Å²) in [6.45, 7) is 6.34. The Morgan fingerprint density at radius 2 is 2.19 bits per heavy atom. The van der Waals surface area contributed by atoms with E-state index < -0.39 is 5.60 Å². The minimum atomic E-state index is -0.520. The standard InChI is InChI=1S/C12H15N7O2/c1-12(2,3)21-11(20)19-5-7-4-13-9(14-8(7)6-19)10-15-17-18-16-10/h4H,5-6H2,1-3H3,(H,15,16,17,18). The van der Waals surface area contributed by atoms with Crippen molar-refractivity contribution in [3.8, 4) is 11.6 Å². The number of hydrogen-bond acceptors (Lipinski definition) is 7. The van der Waals surface area contributed by atoms with Crippen LogP contribution in [0.3, 0.4) is 0 Å². The Hall–Kier alpha value is -2.58. The minimum Gasteiger partial charge on any atom is -0.444 e. The van der Waals surface area contributed by atoms with Crippen LogP contribution in [0.1, 0.15) is 32.0 Å². The first kappa shape index (κ1) is 13.4. The van der Waals surface area contributed by atoms with Gasteiger partial charge in [0.05, 0.1) is 18.8 Å². The molecule has 0 radical (unpaired) electrons. The summed E-state index contributed by atoms with van der Waals surface area (Å²) in [6.07, 6.45) is 1.33. The largest absolute Gasteiger partial charge is 0.444 e. The Kier molecular flexibility index (Phi) is 3.04. The second kappa shape index (κ2) is 4.76. The van der Waals surface area contributed by atoms with Crippen molar-refractivity contribution in [2.24, 2.45) is 0 Å². The van der Waals surface area contributed by atoms with Gasteiger partial charge in [-0.05, 0) is 31.2 Å². The maximum atomic E-state index is 12.1. The zero-order valence-electron chi connectivity index (χ0n) is 12.0. The fourth-order valence-electron chi connectivity index (χ4n) is 1.98. The van der Waals surface area contributed by atoms with Crippen LogP contribution in [0.25, 0.3) is 11.6 Å². The van der Waals surface area contributed by atoms with Crippen LogP contribution in [0.2, 0.25) is 0 Å². The van der Waals surface area contributed by atoms with Crippen LogP contribution >= 0.6 is 0 Å². The van der Waals surface area contributed by atoms with Crippen molar-refractivity contribution in [1.29, 1.82) is 0 Å². The van der Waals surface area contributed by atoms with Gasteiger partial charge in [-0.15, -0.1) is 5.10 Å². The van der Waals surface area contributed by atoms with E-state index in [2.05, 4.69) is 30.6 Å². The molecular formula is C12H15N7O2. The zero-order valence-corrected chi connectivity index (χ0v) is 12.0. The van der Waals surface area contributed by atoms with Gasteiger partial charge in [-0.2, -0.15) is 0 Å². The predicted octanol–water partition coefficient (Wildman–Crippen LogP) is 0.907. The molecule has 1 aliphatic rings. The molecule has 9 nitrogen and oxygen atoms in total. The number of nitrogens with zero attached hydrogens (tertiary/aromatic N) is 6.